The molecule has 138 valence electrons. The Morgan fingerprint density at radius 2 is 2.00 bits per heavy atom. The van der Waals surface area contributed by atoms with Crippen LogP contribution in [0.15, 0.2) is 29.2 Å². The van der Waals surface area contributed by atoms with Crippen molar-refractivity contribution < 1.29 is 19.2 Å². The number of rotatable bonds is 4. The molecular formula is C17H24N2O5S. The van der Waals surface area contributed by atoms with Crippen molar-refractivity contribution in [1.82, 2.24) is 4.90 Å². The van der Waals surface area contributed by atoms with Crippen LogP contribution in [0.1, 0.15) is 34.6 Å². The molecule has 1 aromatic rings. The Kier molecular flexibility index (Phi) is 5.63. The lowest BCUT2D eigenvalue weighted by Crippen LogP contribution is -2.50. The van der Waals surface area contributed by atoms with Crippen LogP contribution in [-0.4, -0.2) is 45.6 Å². The van der Waals surface area contributed by atoms with Crippen LogP contribution in [0.2, 0.25) is 0 Å². The van der Waals surface area contributed by atoms with Gasteiger partial charge in [-0.1, -0.05) is 0 Å². The molecule has 0 aliphatic carbocycles. The van der Waals surface area contributed by atoms with Crippen molar-refractivity contribution in [2.24, 2.45) is 0 Å². The van der Waals surface area contributed by atoms with E-state index in [-0.39, 0.29) is 11.7 Å². The highest BCUT2D eigenvalue weighted by atomic mass is 32.2. The molecule has 0 radical (unpaired) electrons. The number of non-ortho nitro benzene ring substituents is 1. The molecule has 1 aromatic carbocycles. The molecule has 0 spiro atoms. The van der Waals surface area contributed by atoms with Crippen LogP contribution >= 0.6 is 11.8 Å². The van der Waals surface area contributed by atoms with Crippen LogP contribution < -0.4 is 0 Å². The quantitative estimate of drug-likeness (QED) is 0.453. The summed E-state index contributed by atoms with van der Waals surface area (Å²) < 4.78 is 11.3. The molecule has 1 aliphatic rings. The number of carbonyl (C=O) groups is 1. The number of nitro groups is 1. The Bertz CT molecular complexity index is 639. The number of thioether (sulfide) groups is 1. The molecular weight excluding hydrogens is 344 g/mol. The van der Waals surface area contributed by atoms with E-state index in [0.29, 0.717) is 12.4 Å². The SMILES string of the molecule is CC(C)(C)OC(=O)N1[C@@H](CSc2ccc([N+](=O)[O-])cc2)COC1(C)C. The molecule has 1 aliphatic heterocycles. The molecule has 8 heteroatoms. The number of ether oxygens (including phenoxy) is 2. The predicted octanol–water partition coefficient (Wildman–Crippen LogP) is 4.06. The Hall–Kier alpha value is -1.80. The van der Waals surface area contributed by atoms with Gasteiger partial charge in [-0.25, -0.2) is 4.79 Å². The van der Waals surface area contributed by atoms with Gasteiger partial charge < -0.3 is 9.47 Å². The van der Waals surface area contributed by atoms with Crippen molar-refractivity contribution in [2.75, 3.05) is 12.4 Å². The van der Waals surface area contributed by atoms with E-state index >= 15 is 0 Å². The molecule has 0 N–H and O–H groups in total. The summed E-state index contributed by atoms with van der Waals surface area (Å²) in [5, 5.41) is 10.7. The molecule has 0 bridgehead atoms. The van der Waals surface area contributed by atoms with Gasteiger partial charge in [0.1, 0.15) is 11.3 Å². The fraction of sp³-hybridized carbons (Fsp3) is 0.588. The van der Waals surface area contributed by atoms with Gasteiger partial charge in [-0.15, -0.1) is 11.8 Å². The van der Waals surface area contributed by atoms with Crippen molar-refractivity contribution in [2.45, 2.75) is 56.9 Å². The minimum atomic E-state index is -0.733. The molecule has 25 heavy (non-hydrogen) atoms. The van der Waals surface area contributed by atoms with Gasteiger partial charge in [0.2, 0.25) is 0 Å². The second-order valence-electron chi connectivity index (χ2n) is 7.32. The average Bonchev–Trinajstić information content (AvgIpc) is 2.78. The zero-order valence-corrected chi connectivity index (χ0v) is 16.0. The predicted molar refractivity (Wildman–Crippen MR) is 95.7 cm³/mol. The van der Waals surface area contributed by atoms with E-state index in [1.165, 1.54) is 23.9 Å². The number of nitro benzene ring substituents is 1. The molecule has 2 rings (SSSR count). The van der Waals surface area contributed by atoms with Gasteiger partial charge in [-0.3, -0.25) is 15.0 Å². The zero-order valence-electron chi connectivity index (χ0n) is 15.1. The molecule has 7 nitrogen and oxygen atoms in total. The molecule has 1 heterocycles. The number of carbonyl (C=O) groups excluding carboxylic acids is 1. The number of hydrogen-bond acceptors (Lipinski definition) is 6. The topological polar surface area (TPSA) is 81.9 Å². The van der Waals surface area contributed by atoms with Crippen molar-refractivity contribution in [1.29, 1.82) is 0 Å². The van der Waals surface area contributed by atoms with Crippen molar-refractivity contribution >= 4 is 23.5 Å². The largest absolute Gasteiger partial charge is 0.444 e. The summed E-state index contributed by atoms with van der Waals surface area (Å²) in [6.07, 6.45) is -0.399. The first-order valence-corrected chi connectivity index (χ1v) is 9.02. The molecule has 0 unspecified atom stereocenters. The molecule has 1 amide bonds. The molecule has 0 aromatic heterocycles. The van der Waals surface area contributed by atoms with E-state index in [2.05, 4.69) is 0 Å². The van der Waals surface area contributed by atoms with Gasteiger partial charge in [0.05, 0.1) is 17.6 Å². The monoisotopic (exact) mass is 368 g/mol. The van der Waals surface area contributed by atoms with Crippen LogP contribution in [0.4, 0.5) is 10.5 Å². The second-order valence-corrected chi connectivity index (χ2v) is 8.42. The highest BCUT2D eigenvalue weighted by molar-refractivity contribution is 7.99. The van der Waals surface area contributed by atoms with Crippen molar-refractivity contribution in [3.8, 4) is 0 Å². The number of amides is 1. The Morgan fingerprint density at radius 3 is 2.52 bits per heavy atom. The van der Waals surface area contributed by atoms with Gasteiger partial charge in [0.25, 0.3) is 5.69 Å². The van der Waals surface area contributed by atoms with Crippen molar-refractivity contribution in [3.63, 3.8) is 0 Å². The van der Waals surface area contributed by atoms with Crippen LogP contribution in [0, 0.1) is 10.1 Å². The van der Waals surface area contributed by atoms with Gasteiger partial charge in [0.15, 0.2) is 0 Å². The van der Waals surface area contributed by atoms with Crippen molar-refractivity contribution in [3.05, 3.63) is 34.4 Å². The lowest BCUT2D eigenvalue weighted by atomic mass is 10.2. The van der Waals surface area contributed by atoms with E-state index in [1.807, 2.05) is 34.6 Å². The normalized spacial score (nSPS) is 19.7. The lowest BCUT2D eigenvalue weighted by molar-refractivity contribution is -0.384. The third-order valence-electron chi connectivity index (χ3n) is 3.65. The van der Waals surface area contributed by atoms with Gasteiger partial charge >= 0.3 is 6.09 Å². The summed E-state index contributed by atoms with van der Waals surface area (Å²) in [6, 6.07) is 6.24. The first kappa shape index (κ1) is 19.5. The van der Waals surface area contributed by atoms with Gasteiger partial charge in [-0.05, 0) is 46.8 Å². The summed E-state index contributed by atoms with van der Waals surface area (Å²) in [5.41, 5.74) is -1.25. The fourth-order valence-electron chi connectivity index (χ4n) is 2.54. The zero-order chi connectivity index (χ0) is 18.8. The summed E-state index contributed by atoms with van der Waals surface area (Å²) in [4.78, 5) is 25.4. The van der Waals surface area contributed by atoms with Crippen LogP contribution in [0.3, 0.4) is 0 Å². The maximum absolute atomic E-state index is 12.6. The first-order valence-electron chi connectivity index (χ1n) is 8.03. The van der Waals surface area contributed by atoms with Crippen LogP contribution in [-0.2, 0) is 9.47 Å². The second kappa shape index (κ2) is 7.21. The molecule has 0 saturated carbocycles. The molecule has 1 saturated heterocycles. The summed E-state index contributed by atoms with van der Waals surface area (Å²) in [5.74, 6) is 0.612. The van der Waals surface area contributed by atoms with Crippen LogP contribution in [0.25, 0.3) is 0 Å². The highest BCUT2D eigenvalue weighted by Crippen LogP contribution is 2.32. The fourth-order valence-corrected chi connectivity index (χ4v) is 3.50. The Balaban J connectivity index is 2.04. The van der Waals surface area contributed by atoms with Gasteiger partial charge in [-0.2, -0.15) is 0 Å². The number of nitrogens with zero attached hydrogens (tertiary/aromatic N) is 2. The maximum Gasteiger partial charge on any atom is 0.412 e. The van der Waals surface area contributed by atoms with E-state index in [9.17, 15) is 14.9 Å². The van der Waals surface area contributed by atoms with Crippen LogP contribution in [0.5, 0.6) is 0 Å². The van der Waals surface area contributed by atoms with E-state index in [0.717, 1.165) is 4.90 Å². The highest BCUT2D eigenvalue weighted by Gasteiger charge is 2.45. The number of benzene rings is 1. The number of hydrogen-bond donors (Lipinski definition) is 0. The Morgan fingerprint density at radius 1 is 1.40 bits per heavy atom. The van der Waals surface area contributed by atoms with E-state index in [4.69, 9.17) is 9.47 Å². The summed E-state index contributed by atoms with van der Waals surface area (Å²) in [6.45, 7) is 9.59. The third kappa shape index (κ3) is 5.09. The summed E-state index contributed by atoms with van der Waals surface area (Å²) >= 11 is 1.53. The van der Waals surface area contributed by atoms with E-state index in [1.54, 1.807) is 17.0 Å². The Labute approximate surface area is 151 Å². The minimum absolute atomic E-state index is 0.0602. The maximum atomic E-state index is 12.6. The standard InChI is InChI=1S/C17H24N2O5S/c1-16(2,3)24-15(20)18-13(10-23-17(18,4)5)11-25-14-8-6-12(7-9-14)19(21)22/h6-9,13H,10-11H2,1-5H3/t13-/m1/s1. The lowest BCUT2D eigenvalue weighted by Gasteiger charge is -2.35. The van der Waals surface area contributed by atoms with E-state index < -0.39 is 22.3 Å². The minimum Gasteiger partial charge on any atom is -0.444 e. The van der Waals surface area contributed by atoms with Gasteiger partial charge in [0, 0.05) is 22.8 Å². The smallest absolute Gasteiger partial charge is 0.412 e. The summed E-state index contributed by atoms with van der Waals surface area (Å²) in [7, 11) is 0. The molecule has 1 atom stereocenters. The average molecular weight is 368 g/mol. The third-order valence-corrected chi connectivity index (χ3v) is 4.81. The molecule has 1 fully saturated rings. The first-order chi connectivity index (χ1) is 11.5.